The van der Waals surface area contributed by atoms with Crippen LogP contribution < -0.4 is 0 Å². The number of rotatable bonds is 11. The Labute approximate surface area is 192 Å². The summed E-state index contributed by atoms with van der Waals surface area (Å²) in [6.07, 6.45) is 3.32. The van der Waals surface area contributed by atoms with Gasteiger partial charge in [-0.25, -0.2) is 0 Å². The second-order valence-electron chi connectivity index (χ2n) is 11.0. The molecule has 8 atom stereocenters. The Kier molecular flexibility index (Phi) is 9.98. The molecule has 7 nitrogen and oxygen atoms in total. The maximum Gasteiger partial charge on any atom is 0.311 e. The molecule has 2 saturated carbocycles. The van der Waals surface area contributed by atoms with Gasteiger partial charge in [-0.15, -0.1) is 0 Å². The first kappa shape index (κ1) is 27.1. The molecule has 2 fully saturated rings. The van der Waals surface area contributed by atoms with Gasteiger partial charge in [0.25, 0.3) is 0 Å². The van der Waals surface area contributed by atoms with Crippen LogP contribution in [0.4, 0.5) is 0 Å². The standard InChI is InChI=1S/C25H44O7/c1-5-25(3,4)24(31)32-21-11-16(14-26)10-17-7-6-15(2)20(23(17)21)9-8-18(27)12-19(28)13-22(29)30/h15-21,23,26-28H,5-14H2,1-4H3,(H,29,30)/t15-,16-,17-,18+,19+,20-,21-,23+/m0/s1. The predicted octanol–water partition coefficient (Wildman–Crippen LogP) is 3.38. The minimum atomic E-state index is -1.08. The van der Waals surface area contributed by atoms with E-state index in [0.29, 0.717) is 31.1 Å². The lowest BCUT2D eigenvalue weighted by Gasteiger charge is -2.50. The fraction of sp³-hybridized carbons (Fsp3) is 0.920. The molecule has 32 heavy (non-hydrogen) atoms. The molecule has 4 N–H and O–H groups in total. The molecule has 0 aromatic rings. The fourth-order valence-corrected chi connectivity index (χ4v) is 5.77. The van der Waals surface area contributed by atoms with Gasteiger partial charge in [-0.1, -0.05) is 20.3 Å². The van der Waals surface area contributed by atoms with Crippen LogP contribution in [0.2, 0.25) is 0 Å². The largest absolute Gasteiger partial charge is 0.481 e. The van der Waals surface area contributed by atoms with Gasteiger partial charge in [-0.3, -0.25) is 9.59 Å². The van der Waals surface area contributed by atoms with Crippen molar-refractivity contribution >= 4 is 11.9 Å². The third-order valence-corrected chi connectivity index (χ3v) is 8.13. The van der Waals surface area contributed by atoms with E-state index in [9.17, 15) is 24.9 Å². The number of aliphatic hydroxyl groups excluding tert-OH is 3. The lowest BCUT2D eigenvalue weighted by molar-refractivity contribution is -0.174. The Balaban J connectivity index is 2.11. The number of carboxylic acid groups (broad SMARTS) is 1. The molecule has 0 saturated heterocycles. The highest BCUT2D eigenvalue weighted by Crippen LogP contribution is 2.50. The number of carboxylic acids is 1. The summed E-state index contributed by atoms with van der Waals surface area (Å²) in [4.78, 5) is 23.7. The molecule has 7 heteroatoms. The molecular weight excluding hydrogens is 412 g/mol. The van der Waals surface area contributed by atoms with Gasteiger partial charge in [0, 0.05) is 12.5 Å². The molecule has 0 unspecified atom stereocenters. The number of fused-ring (bicyclic) bond motifs is 1. The highest BCUT2D eigenvalue weighted by atomic mass is 16.5. The van der Waals surface area contributed by atoms with Gasteiger partial charge in [0.05, 0.1) is 24.0 Å². The average molecular weight is 457 g/mol. The van der Waals surface area contributed by atoms with Gasteiger partial charge < -0.3 is 25.2 Å². The van der Waals surface area contributed by atoms with Gasteiger partial charge in [0.15, 0.2) is 0 Å². The Bertz CT molecular complexity index is 619. The zero-order chi connectivity index (χ0) is 24.1. The summed E-state index contributed by atoms with van der Waals surface area (Å²) in [5.74, 6) is 0.184. The van der Waals surface area contributed by atoms with E-state index in [4.69, 9.17) is 9.84 Å². The van der Waals surface area contributed by atoms with E-state index in [1.54, 1.807) is 0 Å². The van der Waals surface area contributed by atoms with Crippen LogP contribution in [0.3, 0.4) is 0 Å². The smallest absolute Gasteiger partial charge is 0.311 e. The molecule has 2 aliphatic rings. The van der Waals surface area contributed by atoms with Crippen molar-refractivity contribution in [1.29, 1.82) is 0 Å². The van der Waals surface area contributed by atoms with Crippen molar-refractivity contribution in [2.24, 2.45) is 35.0 Å². The second-order valence-corrected chi connectivity index (χ2v) is 11.0. The van der Waals surface area contributed by atoms with E-state index < -0.39 is 23.6 Å². The number of ether oxygens (including phenoxy) is 1. The molecular formula is C25H44O7. The number of hydrogen-bond donors (Lipinski definition) is 4. The van der Waals surface area contributed by atoms with Gasteiger partial charge in [-0.05, 0) is 82.5 Å². The van der Waals surface area contributed by atoms with Crippen molar-refractivity contribution in [3.8, 4) is 0 Å². The summed E-state index contributed by atoms with van der Waals surface area (Å²) in [6.45, 7) is 8.11. The van der Waals surface area contributed by atoms with E-state index in [1.807, 2.05) is 20.8 Å². The lowest BCUT2D eigenvalue weighted by atomic mass is 9.58. The van der Waals surface area contributed by atoms with Crippen LogP contribution in [0.25, 0.3) is 0 Å². The Morgan fingerprint density at radius 3 is 2.41 bits per heavy atom. The van der Waals surface area contributed by atoms with Gasteiger partial charge in [-0.2, -0.15) is 0 Å². The van der Waals surface area contributed by atoms with E-state index in [1.165, 1.54) is 0 Å². The molecule has 0 amide bonds. The topological polar surface area (TPSA) is 124 Å². The van der Waals surface area contributed by atoms with E-state index in [-0.39, 0.29) is 49.3 Å². The van der Waals surface area contributed by atoms with Gasteiger partial charge in [0.1, 0.15) is 6.10 Å². The van der Waals surface area contributed by atoms with Crippen molar-refractivity contribution in [3.63, 3.8) is 0 Å². The van der Waals surface area contributed by atoms with Crippen LogP contribution in [0.1, 0.15) is 85.5 Å². The molecule has 0 spiro atoms. The Morgan fingerprint density at radius 1 is 1.12 bits per heavy atom. The first-order chi connectivity index (χ1) is 15.0. The van der Waals surface area contributed by atoms with Crippen LogP contribution >= 0.6 is 0 Å². The number of aliphatic hydroxyl groups is 3. The van der Waals surface area contributed by atoms with Crippen LogP contribution in [-0.2, 0) is 14.3 Å². The molecule has 0 aromatic heterocycles. The van der Waals surface area contributed by atoms with Gasteiger partial charge >= 0.3 is 11.9 Å². The summed E-state index contributed by atoms with van der Waals surface area (Å²) < 4.78 is 6.12. The molecule has 0 aromatic carbocycles. The number of carbonyl (C=O) groups excluding carboxylic acids is 1. The van der Waals surface area contributed by atoms with Crippen LogP contribution in [0.15, 0.2) is 0 Å². The molecule has 2 aliphatic carbocycles. The zero-order valence-electron chi connectivity index (χ0n) is 20.2. The third-order valence-electron chi connectivity index (χ3n) is 8.13. The quantitative estimate of drug-likeness (QED) is 0.351. The molecule has 0 radical (unpaired) electrons. The normalized spacial score (nSPS) is 32.6. The number of esters is 1. The Hall–Kier alpha value is -1.18. The average Bonchev–Trinajstić information content (AvgIpc) is 2.72. The summed E-state index contributed by atoms with van der Waals surface area (Å²) in [6, 6.07) is 0. The van der Waals surface area contributed by atoms with Crippen molar-refractivity contribution in [3.05, 3.63) is 0 Å². The van der Waals surface area contributed by atoms with E-state index >= 15 is 0 Å². The summed E-state index contributed by atoms with van der Waals surface area (Å²) in [7, 11) is 0. The SMILES string of the molecule is CCC(C)(C)C(=O)O[C@H]1C[C@@H](CO)C[C@@H]2CC[C@H](C)[C@H](CC[C@@H](O)C[C@@H](O)CC(=O)O)[C@@H]21. The van der Waals surface area contributed by atoms with Crippen LogP contribution in [0.5, 0.6) is 0 Å². The van der Waals surface area contributed by atoms with E-state index in [0.717, 1.165) is 25.7 Å². The number of aliphatic carboxylic acids is 1. The molecule has 0 bridgehead atoms. The first-order valence-electron chi connectivity index (χ1n) is 12.4. The number of carbonyl (C=O) groups is 2. The van der Waals surface area contributed by atoms with Gasteiger partial charge in [0.2, 0.25) is 0 Å². The maximum atomic E-state index is 12.9. The summed E-state index contributed by atoms with van der Waals surface area (Å²) in [5.41, 5.74) is -0.548. The highest BCUT2D eigenvalue weighted by molar-refractivity contribution is 5.76. The second kappa shape index (κ2) is 11.8. The zero-order valence-corrected chi connectivity index (χ0v) is 20.2. The Morgan fingerprint density at radius 2 is 1.81 bits per heavy atom. The molecule has 0 aliphatic heterocycles. The minimum absolute atomic E-state index is 0.0528. The molecule has 2 rings (SSSR count). The van der Waals surface area contributed by atoms with Crippen LogP contribution in [0, 0.1) is 35.0 Å². The van der Waals surface area contributed by atoms with Crippen molar-refractivity contribution in [2.75, 3.05) is 6.61 Å². The van der Waals surface area contributed by atoms with Crippen LogP contribution in [-0.4, -0.2) is 57.3 Å². The maximum absolute atomic E-state index is 12.9. The van der Waals surface area contributed by atoms with E-state index in [2.05, 4.69) is 6.92 Å². The summed E-state index contributed by atoms with van der Waals surface area (Å²) in [5, 5.41) is 38.9. The van der Waals surface area contributed by atoms with Crippen molar-refractivity contribution in [1.82, 2.24) is 0 Å². The summed E-state index contributed by atoms with van der Waals surface area (Å²) >= 11 is 0. The third kappa shape index (κ3) is 7.16. The lowest BCUT2D eigenvalue weighted by Crippen LogP contribution is -2.49. The number of hydrogen-bond acceptors (Lipinski definition) is 6. The van der Waals surface area contributed by atoms with Crippen molar-refractivity contribution in [2.45, 2.75) is 104 Å². The molecule has 186 valence electrons. The predicted molar refractivity (Wildman–Crippen MR) is 121 cm³/mol. The first-order valence-corrected chi connectivity index (χ1v) is 12.4. The molecule has 0 heterocycles. The fourth-order valence-electron chi connectivity index (χ4n) is 5.77. The minimum Gasteiger partial charge on any atom is -0.481 e. The monoisotopic (exact) mass is 456 g/mol. The highest BCUT2D eigenvalue weighted by Gasteiger charge is 2.48. The van der Waals surface area contributed by atoms with Crippen molar-refractivity contribution < 1.29 is 34.8 Å².